The van der Waals surface area contributed by atoms with Gasteiger partial charge in [-0.2, -0.15) is 0 Å². The average molecular weight is 223 g/mol. The summed E-state index contributed by atoms with van der Waals surface area (Å²) in [6.07, 6.45) is 1.26. The first-order valence-electron chi connectivity index (χ1n) is 4.82. The second-order valence-corrected chi connectivity index (χ2v) is 3.18. The summed E-state index contributed by atoms with van der Waals surface area (Å²) in [5.74, 6) is -0.676. The quantitative estimate of drug-likeness (QED) is 0.741. The van der Waals surface area contributed by atoms with Gasteiger partial charge in [0.05, 0.1) is 12.3 Å². The van der Waals surface area contributed by atoms with E-state index in [1.807, 2.05) is 0 Å². The Morgan fingerprint density at radius 1 is 1.44 bits per heavy atom. The van der Waals surface area contributed by atoms with Crippen molar-refractivity contribution >= 4 is 17.6 Å². The number of anilines is 1. The Morgan fingerprint density at radius 3 is 2.69 bits per heavy atom. The van der Waals surface area contributed by atoms with E-state index in [1.165, 1.54) is 13.3 Å². The van der Waals surface area contributed by atoms with Crippen LogP contribution in [0, 0.1) is 0 Å². The molecule has 1 heterocycles. The van der Waals surface area contributed by atoms with E-state index >= 15 is 0 Å². The maximum Gasteiger partial charge on any atom is 0.343 e. The molecule has 0 atom stereocenters. The number of ketones is 1. The molecule has 0 fully saturated rings. The number of nitrogen functional groups attached to an aromatic ring is 1. The number of carbonyl (C=O) groups excluding carboxylic acids is 2. The Bertz CT molecular complexity index is 418. The van der Waals surface area contributed by atoms with E-state index in [9.17, 15) is 9.59 Å². The fourth-order valence-corrected chi connectivity index (χ4v) is 1.23. The molecule has 6 nitrogen and oxygen atoms in total. The van der Waals surface area contributed by atoms with Gasteiger partial charge in [-0.25, -0.2) is 14.8 Å². The van der Waals surface area contributed by atoms with E-state index in [-0.39, 0.29) is 30.2 Å². The lowest BCUT2D eigenvalue weighted by atomic mass is 10.1. The van der Waals surface area contributed by atoms with Gasteiger partial charge in [0.15, 0.2) is 0 Å². The molecular weight excluding hydrogens is 210 g/mol. The summed E-state index contributed by atoms with van der Waals surface area (Å²) in [6.45, 7) is 3.32. The Kier molecular flexibility index (Phi) is 3.93. The summed E-state index contributed by atoms with van der Waals surface area (Å²) in [6, 6.07) is 0. The van der Waals surface area contributed by atoms with Gasteiger partial charge in [0.2, 0.25) is 0 Å². The molecule has 0 saturated heterocycles. The Balaban J connectivity index is 3.12. The zero-order valence-corrected chi connectivity index (χ0v) is 9.19. The maximum absolute atomic E-state index is 11.6. The molecule has 0 amide bonds. The van der Waals surface area contributed by atoms with Crippen LogP contribution in [-0.4, -0.2) is 28.3 Å². The van der Waals surface area contributed by atoms with Crippen molar-refractivity contribution < 1.29 is 14.3 Å². The summed E-state index contributed by atoms with van der Waals surface area (Å²) in [5.41, 5.74) is 5.95. The first kappa shape index (κ1) is 12.1. The van der Waals surface area contributed by atoms with Crippen molar-refractivity contribution in [3.8, 4) is 0 Å². The molecule has 0 radical (unpaired) electrons. The third kappa shape index (κ3) is 2.75. The van der Waals surface area contributed by atoms with Gasteiger partial charge in [0.1, 0.15) is 23.5 Å². The number of aromatic nitrogens is 2. The lowest BCUT2D eigenvalue weighted by Crippen LogP contribution is -2.15. The Morgan fingerprint density at radius 2 is 2.12 bits per heavy atom. The van der Waals surface area contributed by atoms with Crippen molar-refractivity contribution in [3.05, 3.63) is 17.6 Å². The van der Waals surface area contributed by atoms with E-state index in [1.54, 1.807) is 6.92 Å². The molecule has 86 valence electrons. The fourth-order valence-electron chi connectivity index (χ4n) is 1.23. The monoisotopic (exact) mass is 223 g/mol. The molecule has 1 aromatic rings. The Labute approximate surface area is 92.8 Å². The zero-order chi connectivity index (χ0) is 12.1. The predicted octanol–water partition coefficient (Wildman–Crippen LogP) is 0.367. The standard InChI is InChI=1S/C10H13N3O3/c1-3-16-10(15)8-7(4-6(2)14)12-5-13-9(8)11/h5H,3-4H2,1-2H3,(H2,11,12,13). The summed E-state index contributed by atoms with van der Waals surface area (Å²) >= 11 is 0. The first-order valence-corrected chi connectivity index (χ1v) is 4.82. The van der Waals surface area contributed by atoms with Crippen LogP contribution < -0.4 is 5.73 Å². The van der Waals surface area contributed by atoms with Gasteiger partial charge in [-0.3, -0.25) is 4.79 Å². The van der Waals surface area contributed by atoms with Crippen LogP contribution in [0.25, 0.3) is 0 Å². The molecule has 1 rings (SSSR count). The molecule has 0 aliphatic rings. The van der Waals surface area contributed by atoms with Crippen molar-refractivity contribution in [1.29, 1.82) is 0 Å². The van der Waals surface area contributed by atoms with Crippen molar-refractivity contribution in [2.75, 3.05) is 12.3 Å². The van der Waals surface area contributed by atoms with Crippen LogP contribution in [0.1, 0.15) is 29.9 Å². The van der Waals surface area contributed by atoms with E-state index in [0.717, 1.165) is 0 Å². The van der Waals surface area contributed by atoms with E-state index in [0.29, 0.717) is 5.69 Å². The van der Waals surface area contributed by atoms with Crippen molar-refractivity contribution in [1.82, 2.24) is 9.97 Å². The largest absolute Gasteiger partial charge is 0.462 e. The third-order valence-corrected chi connectivity index (χ3v) is 1.85. The third-order valence-electron chi connectivity index (χ3n) is 1.85. The summed E-state index contributed by atoms with van der Waals surface area (Å²) in [4.78, 5) is 30.2. The summed E-state index contributed by atoms with van der Waals surface area (Å²) in [7, 11) is 0. The molecular formula is C10H13N3O3. The number of ether oxygens (including phenoxy) is 1. The van der Waals surface area contributed by atoms with Gasteiger partial charge in [0, 0.05) is 6.42 Å². The number of Topliss-reactive ketones (excluding diaryl/α,β-unsaturated/α-hetero) is 1. The number of hydrogen-bond donors (Lipinski definition) is 1. The van der Waals surface area contributed by atoms with Crippen LogP contribution in [0.2, 0.25) is 0 Å². The van der Waals surface area contributed by atoms with Gasteiger partial charge in [0.25, 0.3) is 0 Å². The van der Waals surface area contributed by atoms with Crippen molar-refractivity contribution in [2.24, 2.45) is 0 Å². The van der Waals surface area contributed by atoms with Gasteiger partial charge in [-0.1, -0.05) is 0 Å². The van der Waals surface area contributed by atoms with Crippen LogP contribution >= 0.6 is 0 Å². The van der Waals surface area contributed by atoms with Crippen LogP contribution in [-0.2, 0) is 16.0 Å². The SMILES string of the molecule is CCOC(=O)c1c(N)ncnc1CC(C)=O. The normalized spacial score (nSPS) is 9.88. The molecule has 0 spiro atoms. The topological polar surface area (TPSA) is 95.2 Å². The molecule has 16 heavy (non-hydrogen) atoms. The summed E-state index contributed by atoms with van der Waals surface area (Å²) < 4.78 is 4.82. The minimum Gasteiger partial charge on any atom is -0.462 e. The Hall–Kier alpha value is -1.98. The van der Waals surface area contributed by atoms with E-state index < -0.39 is 5.97 Å². The molecule has 0 aliphatic carbocycles. The molecule has 0 bridgehead atoms. The second kappa shape index (κ2) is 5.20. The van der Waals surface area contributed by atoms with E-state index in [2.05, 4.69) is 9.97 Å². The van der Waals surface area contributed by atoms with Gasteiger partial charge in [-0.05, 0) is 13.8 Å². The van der Waals surface area contributed by atoms with Crippen LogP contribution in [0.5, 0.6) is 0 Å². The fraction of sp³-hybridized carbons (Fsp3) is 0.400. The highest BCUT2D eigenvalue weighted by Crippen LogP contribution is 2.14. The molecule has 2 N–H and O–H groups in total. The minimum atomic E-state index is -0.600. The molecule has 1 aromatic heterocycles. The second-order valence-electron chi connectivity index (χ2n) is 3.18. The molecule has 0 saturated carbocycles. The highest BCUT2D eigenvalue weighted by atomic mass is 16.5. The van der Waals surface area contributed by atoms with Crippen molar-refractivity contribution in [3.63, 3.8) is 0 Å². The first-order chi connectivity index (χ1) is 7.56. The maximum atomic E-state index is 11.6. The molecule has 0 aromatic carbocycles. The molecule has 0 aliphatic heterocycles. The van der Waals surface area contributed by atoms with E-state index in [4.69, 9.17) is 10.5 Å². The molecule has 0 unspecified atom stereocenters. The van der Waals surface area contributed by atoms with Crippen molar-refractivity contribution in [2.45, 2.75) is 20.3 Å². The lowest BCUT2D eigenvalue weighted by molar-refractivity contribution is -0.116. The lowest BCUT2D eigenvalue weighted by Gasteiger charge is -2.08. The van der Waals surface area contributed by atoms with Gasteiger partial charge >= 0.3 is 5.97 Å². The van der Waals surface area contributed by atoms with Gasteiger partial charge < -0.3 is 10.5 Å². The average Bonchev–Trinajstić information content (AvgIpc) is 2.16. The van der Waals surface area contributed by atoms with Crippen LogP contribution in [0.15, 0.2) is 6.33 Å². The number of rotatable bonds is 4. The number of esters is 1. The highest BCUT2D eigenvalue weighted by molar-refractivity contribution is 5.96. The number of nitrogens with two attached hydrogens (primary N) is 1. The summed E-state index contributed by atoms with van der Waals surface area (Å²) in [5, 5.41) is 0. The number of carbonyl (C=O) groups is 2. The zero-order valence-electron chi connectivity index (χ0n) is 9.19. The predicted molar refractivity (Wildman–Crippen MR) is 56.8 cm³/mol. The van der Waals surface area contributed by atoms with Gasteiger partial charge in [-0.15, -0.1) is 0 Å². The number of hydrogen-bond acceptors (Lipinski definition) is 6. The minimum absolute atomic E-state index is 0.0321. The van der Waals surface area contributed by atoms with Crippen LogP contribution in [0.3, 0.4) is 0 Å². The smallest absolute Gasteiger partial charge is 0.343 e. The molecule has 6 heteroatoms. The number of nitrogens with zero attached hydrogens (tertiary/aromatic N) is 2. The van der Waals surface area contributed by atoms with Crippen LogP contribution in [0.4, 0.5) is 5.82 Å². The highest BCUT2D eigenvalue weighted by Gasteiger charge is 2.19.